The Hall–Kier alpha value is -0.560. The van der Waals surface area contributed by atoms with Crippen LogP contribution in [0, 0.1) is 0 Å². The van der Waals surface area contributed by atoms with Gasteiger partial charge in [-0.25, -0.2) is 8.42 Å². The molecule has 1 aromatic carbocycles. The number of hydrogen-bond donors (Lipinski definition) is 2. The van der Waals surface area contributed by atoms with Gasteiger partial charge in [0.05, 0.1) is 4.90 Å². The van der Waals surface area contributed by atoms with Gasteiger partial charge in [0.15, 0.2) is 9.84 Å². The molecule has 0 fully saturated rings. The van der Waals surface area contributed by atoms with E-state index in [9.17, 15) is 8.42 Å². The molecule has 1 rings (SSSR count). The average Bonchev–Trinajstić information content (AvgIpc) is 2.36. The van der Waals surface area contributed by atoms with Crippen molar-refractivity contribution in [3.8, 4) is 0 Å². The highest BCUT2D eigenvalue weighted by Crippen LogP contribution is 2.21. The zero-order valence-corrected chi connectivity index (χ0v) is 12.9. The normalized spacial score (nSPS) is 13.4. The fourth-order valence-corrected chi connectivity index (χ4v) is 3.31. The van der Waals surface area contributed by atoms with Gasteiger partial charge in [0, 0.05) is 29.6 Å². The van der Waals surface area contributed by atoms with Crippen LogP contribution in [0.3, 0.4) is 0 Å². The first-order chi connectivity index (χ1) is 8.97. The molecule has 19 heavy (non-hydrogen) atoms. The van der Waals surface area contributed by atoms with Crippen molar-refractivity contribution in [3.63, 3.8) is 0 Å². The third-order valence-electron chi connectivity index (χ3n) is 2.67. The van der Waals surface area contributed by atoms with E-state index in [1.54, 1.807) is 23.9 Å². The van der Waals surface area contributed by atoms with Crippen molar-refractivity contribution in [2.75, 3.05) is 25.2 Å². The Morgan fingerprint density at radius 2 is 1.95 bits per heavy atom. The highest BCUT2D eigenvalue weighted by atomic mass is 32.2. The second-order valence-corrected chi connectivity index (χ2v) is 7.43. The van der Waals surface area contributed by atoms with Crippen LogP contribution < -0.4 is 5.32 Å². The topological polar surface area (TPSA) is 66.4 Å². The lowest BCUT2D eigenvalue weighted by Gasteiger charge is -2.16. The van der Waals surface area contributed by atoms with Gasteiger partial charge in [-0.05, 0) is 37.2 Å². The van der Waals surface area contributed by atoms with E-state index < -0.39 is 9.84 Å². The van der Waals surface area contributed by atoms with Crippen LogP contribution >= 0.6 is 11.8 Å². The van der Waals surface area contributed by atoms with Crippen LogP contribution in [-0.4, -0.2) is 44.7 Å². The van der Waals surface area contributed by atoms with E-state index in [1.165, 1.54) is 6.26 Å². The summed E-state index contributed by atoms with van der Waals surface area (Å²) in [6.07, 6.45) is 1.93. The summed E-state index contributed by atoms with van der Waals surface area (Å²) in [7, 11) is -3.12. The number of nitrogens with one attached hydrogen (secondary N) is 1. The smallest absolute Gasteiger partial charge is 0.175 e. The summed E-state index contributed by atoms with van der Waals surface area (Å²) in [5.41, 5.74) is 0. The average molecular weight is 303 g/mol. The molecule has 0 heterocycles. The molecule has 1 unspecified atom stereocenters. The van der Waals surface area contributed by atoms with Crippen molar-refractivity contribution >= 4 is 21.6 Å². The zero-order valence-electron chi connectivity index (χ0n) is 11.3. The molecule has 4 nitrogen and oxygen atoms in total. The van der Waals surface area contributed by atoms with E-state index >= 15 is 0 Å². The molecule has 0 aliphatic carbocycles. The number of thioether (sulfide) groups is 1. The Morgan fingerprint density at radius 1 is 1.32 bits per heavy atom. The van der Waals surface area contributed by atoms with Crippen molar-refractivity contribution < 1.29 is 13.5 Å². The van der Waals surface area contributed by atoms with E-state index in [0.29, 0.717) is 4.90 Å². The number of sulfone groups is 1. The van der Waals surface area contributed by atoms with E-state index in [-0.39, 0.29) is 12.6 Å². The first kappa shape index (κ1) is 16.5. The fourth-order valence-electron chi connectivity index (χ4n) is 1.67. The lowest BCUT2D eigenvalue weighted by Crippen LogP contribution is -2.31. The van der Waals surface area contributed by atoms with Crippen molar-refractivity contribution in [2.24, 2.45) is 0 Å². The van der Waals surface area contributed by atoms with E-state index in [2.05, 4.69) is 5.32 Å². The van der Waals surface area contributed by atoms with Gasteiger partial charge in [0.2, 0.25) is 0 Å². The highest BCUT2D eigenvalue weighted by molar-refractivity contribution is 7.99. The monoisotopic (exact) mass is 303 g/mol. The van der Waals surface area contributed by atoms with Crippen LogP contribution in [0.4, 0.5) is 0 Å². The minimum Gasteiger partial charge on any atom is -0.396 e. The van der Waals surface area contributed by atoms with Gasteiger partial charge in [-0.2, -0.15) is 0 Å². The largest absolute Gasteiger partial charge is 0.396 e. The minimum absolute atomic E-state index is 0.172. The molecule has 0 radical (unpaired) electrons. The Bertz CT molecular complexity index is 465. The molecule has 1 atom stereocenters. The van der Waals surface area contributed by atoms with Gasteiger partial charge in [-0.1, -0.05) is 6.92 Å². The second-order valence-electron chi connectivity index (χ2n) is 4.32. The summed E-state index contributed by atoms with van der Waals surface area (Å²) in [5, 5.41) is 12.3. The molecule has 0 aliphatic heterocycles. The summed E-state index contributed by atoms with van der Waals surface area (Å²) in [6.45, 7) is 3.08. The third-order valence-corrected chi connectivity index (χ3v) is 4.98. The number of benzene rings is 1. The van der Waals surface area contributed by atoms with Gasteiger partial charge in [-0.15, -0.1) is 11.8 Å². The van der Waals surface area contributed by atoms with Crippen molar-refractivity contribution in [3.05, 3.63) is 24.3 Å². The van der Waals surface area contributed by atoms with Crippen LogP contribution in [0.15, 0.2) is 34.1 Å². The van der Waals surface area contributed by atoms with E-state index in [0.717, 1.165) is 23.6 Å². The van der Waals surface area contributed by atoms with Crippen molar-refractivity contribution in [1.29, 1.82) is 0 Å². The predicted molar refractivity (Wildman–Crippen MR) is 79.4 cm³/mol. The summed E-state index contributed by atoms with van der Waals surface area (Å²) < 4.78 is 22.7. The van der Waals surface area contributed by atoms with Crippen molar-refractivity contribution in [2.45, 2.75) is 29.2 Å². The van der Waals surface area contributed by atoms with Crippen LogP contribution in [0.25, 0.3) is 0 Å². The molecule has 1 aromatic rings. The summed E-state index contributed by atoms with van der Waals surface area (Å²) >= 11 is 1.66. The fraction of sp³-hybridized carbons (Fsp3) is 0.538. The maximum atomic E-state index is 11.3. The molecule has 6 heteroatoms. The van der Waals surface area contributed by atoms with Crippen molar-refractivity contribution in [1.82, 2.24) is 5.32 Å². The predicted octanol–water partition coefficient (Wildman–Crippen LogP) is 1.54. The lowest BCUT2D eigenvalue weighted by atomic mass is 10.2. The van der Waals surface area contributed by atoms with Crippen LogP contribution in [-0.2, 0) is 9.84 Å². The molecular weight excluding hydrogens is 282 g/mol. The maximum absolute atomic E-state index is 11.3. The van der Waals surface area contributed by atoms with Crippen LogP contribution in [0.1, 0.15) is 13.3 Å². The number of aliphatic hydroxyl groups excluding tert-OH is 1. The van der Waals surface area contributed by atoms with Gasteiger partial charge < -0.3 is 10.4 Å². The summed E-state index contributed by atoms with van der Waals surface area (Å²) in [4.78, 5) is 1.38. The van der Waals surface area contributed by atoms with Gasteiger partial charge in [0.25, 0.3) is 0 Å². The Kier molecular flexibility index (Phi) is 6.85. The zero-order chi connectivity index (χ0) is 14.3. The molecule has 108 valence electrons. The number of aliphatic hydroxyl groups is 1. The Labute approximate surface area is 119 Å². The summed E-state index contributed by atoms with van der Waals surface area (Å²) in [6, 6.07) is 7.18. The Morgan fingerprint density at radius 3 is 2.42 bits per heavy atom. The SMILES string of the molecule is CCNC(CCO)CSc1ccc(S(C)(=O)=O)cc1. The van der Waals surface area contributed by atoms with Gasteiger partial charge in [-0.3, -0.25) is 0 Å². The first-order valence-electron chi connectivity index (χ1n) is 6.24. The Balaban J connectivity index is 2.58. The molecule has 0 amide bonds. The maximum Gasteiger partial charge on any atom is 0.175 e. The lowest BCUT2D eigenvalue weighted by molar-refractivity contribution is 0.271. The van der Waals surface area contributed by atoms with E-state index in [1.807, 2.05) is 19.1 Å². The molecule has 2 N–H and O–H groups in total. The standard InChI is InChI=1S/C13H21NO3S2/c1-3-14-11(8-9-15)10-18-12-4-6-13(7-5-12)19(2,16)17/h4-7,11,14-15H,3,8-10H2,1-2H3. The molecule has 0 saturated carbocycles. The molecule has 0 aromatic heterocycles. The minimum atomic E-state index is -3.12. The van der Waals surface area contributed by atoms with Gasteiger partial charge in [0.1, 0.15) is 0 Å². The molecular formula is C13H21NO3S2. The molecule has 0 saturated heterocycles. The molecule has 0 spiro atoms. The van der Waals surface area contributed by atoms with E-state index in [4.69, 9.17) is 5.11 Å². The first-order valence-corrected chi connectivity index (χ1v) is 9.12. The molecule has 0 aliphatic rings. The van der Waals surface area contributed by atoms with Gasteiger partial charge >= 0.3 is 0 Å². The van der Waals surface area contributed by atoms with Crippen LogP contribution in [0.5, 0.6) is 0 Å². The highest BCUT2D eigenvalue weighted by Gasteiger charge is 2.09. The third kappa shape index (κ3) is 5.95. The molecule has 0 bridgehead atoms. The van der Waals surface area contributed by atoms with Crippen LogP contribution in [0.2, 0.25) is 0 Å². The number of hydrogen-bond acceptors (Lipinski definition) is 5. The summed E-state index contributed by atoms with van der Waals surface area (Å²) in [5.74, 6) is 0.854. The quantitative estimate of drug-likeness (QED) is 0.713. The number of rotatable bonds is 8. The second kappa shape index (κ2) is 7.89.